The van der Waals surface area contributed by atoms with Crippen molar-refractivity contribution in [1.29, 1.82) is 0 Å². The van der Waals surface area contributed by atoms with Crippen molar-refractivity contribution in [2.75, 3.05) is 18.5 Å². The number of aromatic hydroxyl groups is 1. The van der Waals surface area contributed by atoms with E-state index >= 15 is 0 Å². The molecule has 4 aliphatic rings. The van der Waals surface area contributed by atoms with Gasteiger partial charge in [-0.2, -0.15) is 0 Å². The lowest BCUT2D eigenvalue weighted by Crippen LogP contribution is -2.54. The molecule has 3 fully saturated rings. The number of carbonyl (C=O) groups is 3. The molecule has 0 unspecified atom stereocenters. The first-order valence-corrected chi connectivity index (χ1v) is 11.9. The molecule has 2 aromatic rings. The van der Waals surface area contributed by atoms with Crippen LogP contribution in [-0.2, 0) is 31.1 Å². The molecule has 8 nitrogen and oxygen atoms in total. The van der Waals surface area contributed by atoms with Crippen LogP contribution >= 0.6 is 11.6 Å². The highest BCUT2D eigenvalue weighted by molar-refractivity contribution is 6.35. The van der Waals surface area contributed by atoms with E-state index in [0.29, 0.717) is 29.3 Å². The molecule has 9 heteroatoms. The SMILES string of the molecule is O=C1[C@@H]2[C@H](Cc3ccc(O)cc3)N[C@@]3(C(=O)Nc4c(Cl)cccc43)[C@@H]2C(=O)N1C[C@@H]1CCCO1. The number of rotatable bonds is 4. The summed E-state index contributed by atoms with van der Waals surface area (Å²) in [6.07, 6.45) is 1.94. The van der Waals surface area contributed by atoms with Gasteiger partial charge in [0.25, 0.3) is 0 Å². The maximum Gasteiger partial charge on any atom is 0.250 e. The predicted octanol–water partition coefficient (Wildman–Crippen LogP) is 2.19. The second kappa shape index (κ2) is 7.80. The van der Waals surface area contributed by atoms with E-state index in [1.54, 1.807) is 42.5 Å². The summed E-state index contributed by atoms with van der Waals surface area (Å²) in [4.78, 5) is 42.3. The third-order valence-corrected chi connectivity index (χ3v) is 7.91. The van der Waals surface area contributed by atoms with Gasteiger partial charge in [0.05, 0.1) is 35.2 Å². The topological polar surface area (TPSA) is 108 Å². The Morgan fingerprint density at radius 1 is 1.12 bits per heavy atom. The summed E-state index contributed by atoms with van der Waals surface area (Å²) in [7, 11) is 0. The Labute approximate surface area is 201 Å². The summed E-state index contributed by atoms with van der Waals surface area (Å²) in [5.41, 5.74) is 0.565. The van der Waals surface area contributed by atoms with E-state index in [0.717, 1.165) is 18.4 Å². The molecular weight excluding hydrogens is 458 g/mol. The van der Waals surface area contributed by atoms with E-state index in [1.165, 1.54) is 4.90 Å². The van der Waals surface area contributed by atoms with Crippen molar-refractivity contribution < 1.29 is 24.2 Å². The van der Waals surface area contributed by atoms with Crippen LogP contribution in [0.5, 0.6) is 5.75 Å². The third-order valence-electron chi connectivity index (χ3n) is 7.59. The van der Waals surface area contributed by atoms with Gasteiger partial charge in [-0.1, -0.05) is 35.9 Å². The molecule has 3 saturated heterocycles. The molecular formula is C25H24ClN3O5. The number of nitrogens with one attached hydrogen (secondary N) is 2. The van der Waals surface area contributed by atoms with Crippen molar-refractivity contribution in [2.45, 2.75) is 36.9 Å². The average Bonchev–Trinajstić information content (AvgIpc) is 3.56. The molecule has 176 valence electrons. The summed E-state index contributed by atoms with van der Waals surface area (Å²) in [5.74, 6) is -2.46. The number of hydrogen-bond acceptors (Lipinski definition) is 6. The Morgan fingerprint density at radius 3 is 2.65 bits per heavy atom. The minimum Gasteiger partial charge on any atom is -0.508 e. The number of hydrogen-bond donors (Lipinski definition) is 3. The number of phenols is 1. The molecule has 0 aromatic heterocycles. The Bertz CT molecular complexity index is 1200. The molecule has 0 bridgehead atoms. The fourth-order valence-corrected chi connectivity index (χ4v) is 6.31. The highest BCUT2D eigenvalue weighted by Crippen LogP contribution is 2.54. The monoisotopic (exact) mass is 481 g/mol. The van der Waals surface area contributed by atoms with Gasteiger partial charge in [0.1, 0.15) is 11.3 Å². The van der Waals surface area contributed by atoms with Crippen LogP contribution in [0.25, 0.3) is 0 Å². The zero-order valence-corrected chi connectivity index (χ0v) is 19.0. The van der Waals surface area contributed by atoms with E-state index in [2.05, 4.69) is 10.6 Å². The minimum atomic E-state index is -1.38. The number of benzene rings is 2. The van der Waals surface area contributed by atoms with Crippen LogP contribution in [0.2, 0.25) is 5.02 Å². The quantitative estimate of drug-likeness (QED) is 0.578. The van der Waals surface area contributed by atoms with Crippen LogP contribution in [0.3, 0.4) is 0 Å². The number of likely N-dealkylation sites (tertiary alicyclic amines) is 1. The molecule has 0 aliphatic carbocycles. The van der Waals surface area contributed by atoms with E-state index in [1.807, 2.05) is 0 Å². The Balaban J connectivity index is 1.43. The van der Waals surface area contributed by atoms with Crippen molar-refractivity contribution in [1.82, 2.24) is 10.2 Å². The summed E-state index contributed by atoms with van der Waals surface area (Å²) in [6, 6.07) is 11.5. The van der Waals surface area contributed by atoms with E-state index in [4.69, 9.17) is 16.3 Å². The number of halogens is 1. The maximum absolute atomic E-state index is 13.8. The summed E-state index contributed by atoms with van der Waals surface area (Å²) in [5, 5.41) is 16.3. The van der Waals surface area contributed by atoms with Crippen LogP contribution < -0.4 is 10.6 Å². The molecule has 6 rings (SSSR count). The summed E-state index contributed by atoms with van der Waals surface area (Å²) < 4.78 is 5.70. The molecule has 0 radical (unpaired) electrons. The zero-order valence-electron chi connectivity index (χ0n) is 18.3. The molecule has 5 atom stereocenters. The zero-order chi connectivity index (χ0) is 23.6. The van der Waals surface area contributed by atoms with Gasteiger partial charge >= 0.3 is 0 Å². The average molecular weight is 482 g/mol. The van der Waals surface area contributed by atoms with Gasteiger partial charge in [-0.25, -0.2) is 0 Å². The smallest absolute Gasteiger partial charge is 0.250 e. The van der Waals surface area contributed by atoms with Crippen LogP contribution in [0, 0.1) is 11.8 Å². The van der Waals surface area contributed by atoms with Crippen molar-refractivity contribution >= 4 is 35.0 Å². The number of para-hydroxylation sites is 1. The number of ether oxygens (including phenoxy) is 1. The lowest BCUT2D eigenvalue weighted by molar-refractivity contribution is -0.144. The Kier molecular flexibility index (Phi) is 4.95. The molecule has 3 N–H and O–H groups in total. The van der Waals surface area contributed by atoms with Gasteiger partial charge in [-0.3, -0.25) is 24.6 Å². The Hall–Kier alpha value is -2.94. The highest BCUT2D eigenvalue weighted by atomic mass is 35.5. The van der Waals surface area contributed by atoms with Crippen LogP contribution in [0.15, 0.2) is 42.5 Å². The fraction of sp³-hybridized carbons (Fsp3) is 0.400. The fourth-order valence-electron chi connectivity index (χ4n) is 6.09. The first kappa shape index (κ1) is 21.6. The number of imide groups is 1. The first-order chi connectivity index (χ1) is 16.4. The predicted molar refractivity (Wildman–Crippen MR) is 123 cm³/mol. The Morgan fingerprint density at radius 2 is 1.91 bits per heavy atom. The van der Waals surface area contributed by atoms with Gasteiger partial charge in [-0.15, -0.1) is 0 Å². The van der Waals surface area contributed by atoms with E-state index in [-0.39, 0.29) is 36.1 Å². The molecule has 34 heavy (non-hydrogen) atoms. The summed E-state index contributed by atoms with van der Waals surface area (Å²) in [6.45, 7) is 0.827. The van der Waals surface area contributed by atoms with Crippen molar-refractivity contribution in [3.05, 3.63) is 58.6 Å². The van der Waals surface area contributed by atoms with Crippen molar-refractivity contribution in [3.8, 4) is 5.75 Å². The van der Waals surface area contributed by atoms with Crippen molar-refractivity contribution in [3.63, 3.8) is 0 Å². The van der Waals surface area contributed by atoms with Gasteiger partial charge in [-0.05, 0) is 43.0 Å². The van der Waals surface area contributed by atoms with Gasteiger partial charge in [0, 0.05) is 18.2 Å². The minimum absolute atomic E-state index is 0.145. The molecule has 2 aromatic carbocycles. The molecule has 4 heterocycles. The van der Waals surface area contributed by atoms with Gasteiger partial charge in [0.2, 0.25) is 17.7 Å². The number of amides is 3. The molecule has 1 spiro atoms. The van der Waals surface area contributed by atoms with E-state index < -0.39 is 23.4 Å². The van der Waals surface area contributed by atoms with Crippen LogP contribution in [0.1, 0.15) is 24.0 Å². The lowest BCUT2D eigenvalue weighted by Gasteiger charge is -2.30. The molecule has 4 aliphatic heterocycles. The standard InChI is InChI=1S/C25H24ClN3O5/c26-17-5-1-4-16-21(17)27-24(33)25(16)20-19(18(28-25)11-13-6-8-14(30)9-7-13)22(31)29(23(20)32)12-15-3-2-10-34-15/h1,4-9,15,18-20,28,30H,2-3,10-12H2,(H,27,33)/t15-,18-,19+,20-,25+/m0/s1. The number of phenolic OH excluding ortho intramolecular Hbond substituents is 1. The molecule has 3 amide bonds. The normalized spacial score (nSPS) is 31.9. The first-order valence-electron chi connectivity index (χ1n) is 11.5. The van der Waals surface area contributed by atoms with Crippen LogP contribution in [0.4, 0.5) is 5.69 Å². The largest absolute Gasteiger partial charge is 0.508 e. The third kappa shape index (κ3) is 3.02. The van der Waals surface area contributed by atoms with Crippen molar-refractivity contribution in [2.24, 2.45) is 11.8 Å². The second-order valence-corrected chi connectivity index (χ2v) is 9.88. The maximum atomic E-state index is 13.8. The number of carbonyl (C=O) groups excluding carboxylic acids is 3. The highest BCUT2D eigenvalue weighted by Gasteiger charge is 2.70. The second-order valence-electron chi connectivity index (χ2n) is 9.47. The summed E-state index contributed by atoms with van der Waals surface area (Å²) >= 11 is 6.38. The number of nitrogens with zero attached hydrogens (tertiary/aromatic N) is 1. The number of fused-ring (bicyclic) bond motifs is 4. The number of anilines is 1. The van der Waals surface area contributed by atoms with E-state index in [9.17, 15) is 19.5 Å². The lowest BCUT2D eigenvalue weighted by atomic mass is 9.76. The molecule has 0 saturated carbocycles. The van der Waals surface area contributed by atoms with Gasteiger partial charge in [0.15, 0.2) is 0 Å². The van der Waals surface area contributed by atoms with Crippen LogP contribution in [-0.4, -0.2) is 53.0 Å². The van der Waals surface area contributed by atoms with Gasteiger partial charge < -0.3 is 15.2 Å².